The number of rotatable bonds is 9. The molecular formula is C17H37IN4O3. The number of carbonyl (C=O) groups is 1. The van der Waals surface area contributed by atoms with Gasteiger partial charge < -0.3 is 25.4 Å². The molecule has 1 amide bonds. The summed E-state index contributed by atoms with van der Waals surface area (Å²) in [5, 5.41) is 9.47. The van der Waals surface area contributed by atoms with Gasteiger partial charge in [0.2, 0.25) is 0 Å². The van der Waals surface area contributed by atoms with Gasteiger partial charge in [0.15, 0.2) is 5.96 Å². The van der Waals surface area contributed by atoms with Gasteiger partial charge in [-0.25, -0.2) is 4.79 Å². The Morgan fingerprint density at radius 1 is 1.08 bits per heavy atom. The number of amides is 1. The van der Waals surface area contributed by atoms with E-state index in [4.69, 9.17) is 9.47 Å². The van der Waals surface area contributed by atoms with E-state index in [0.29, 0.717) is 32.3 Å². The van der Waals surface area contributed by atoms with Crippen LogP contribution < -0.4 is 16.0 Å². The second-order valence-electron chi connectivity index (χ2n) is 6.66. The Hall–Kier alpha value is -0.770. The summed E-state index contributed by atoms with van der Waals surface area (Å²) in [6.45, 7) is 14.2. The van der Waals surface area contributed by atoms with E-state index in [1.807, 2.05) is 41.5 Å². The topological polar surface area (TPSA) is 84.0 Å². The normalized spacial score (nSPS) is 12.2. The van der Waals surface area contributed by atoms with Crippen molar-refractivity contribution in [2.45, 2.75) is 65.5 Å². The van der Waals surface area contributed by atoms with Crippen LogP contribution in [0.3, 0.4) is 0 Å². The van der Waals surface area contributed by atoms with Crippen molar-refractivity contribution in [3.63, 3.8) is 0 Å². The molecule has 0 rings (SSSR count). The number of aliphatic imine (C=N–C) groups is 1. The number of hydrogen-bond donors (Lipinski definition) is 3. The van der Waals surface area contributed by atoms with Crippen LogP contribution >= 0.6 is 24.0 Å². The van der Waals surface area contributed by atoms with Crippen LogP contribution in [0.2, 0.25) is 0 Å². The number of halogens is 1. The summed E-state index contributed by atoms with van der Waals surface area (Å²) in [6, 6.07) is 0. The molecule has 150 valence electrons. The van der Waals surface area contributed by atoms with Crippen molar-refractivity contribution in [1.29, 1.82) is 0 Å². The van der Waals surface area contributed by atoms with Gasteiger partial charge in [-0.05, 0) is 40.5 Å². The molecule has 0 unspecified atom stereocenters. The largest absolute Gasteiger partial charge is 0.444 e. The van der Waals surface area contributed by atoms with Gasteiger partial charge in [-0.3, -0.25) is 4.99 Å². The molecule has 0 aliphatic rings. The molecule has 0 aromatic heterocycles. The maximum absolute atomic E-state index is 12.1. The van der Waals surface area contributed by atoms with Crippen molar-refractivity contribution in [3.8, 4) is 0 Å². The first kappa shape index (κ1) is 26.5. The number of nitrogens with one attached hydrogen (secondary N) is 3. The fourth-order valence-corrected chi connectivity index (χ4v) is 2.10. The third-order valence-electron chi connectivity index (χ3n) is 3.68. The van der Waals surface area contributed by atoms with Gasteiger partial charge in [-0.2, -0.15) is 0 Å². The van der Waals surface area contributed by atoms with E-state index in [2.05, 4.69) is 20.9 Å². The average Bonchev–Trinajstić information content (AvgIpc) is 2.51. The van der Waals surface area contributed by atoms with Crippen LogP contribution in [-0.2, 0) is 9.47 Å². The van der Waals surface area contributed by atoms with Crippen LogP contribution in [-0.4, -0.2) is 56.5 Å². The van der Waals surface area contributed by atoms with Crippen molar-refractivity contribution in [2.24, 2.45) is 4.99 Å². The second kappa shape index (κ2) is 13.4. The third kappa shape index (κ3) is 12.3. The zero-order chi connectivity index (χ0) is 18.6. The molecule has 0 fully saturated rings. The molecule has 7 nitrogen and oxygen atoms in total. The van der Waals surface area contributed by atoms with Crippen molar-refractivity contribution in [1.82, 2.24) is 16.0 Å². The molecule has 3 N–H and O–H groups in total. The summed E-state index contributed by atoms with van der Waals surface area (Å²) in [5.41, 5.74) is -0.901. The van der Waals surface area contributed by atoms with Gasteiger partial charge >= 0.3 is 6.09 Å². The summed E-state index contributed by atoms with van der Waals surface area (Å²) in [7, 11) is 1.72. The first-order valence-electron chi connectivity index (χ1n) is 8.75. The van der Waals surface area contributed by atoms with Gasteiger partial charge in [-0.1, -0.05) is 13.8 Å². The first-order valence-corrected chi connectivity index (χ1v) is 8.75. The predicted molar refractivity (Wildman–Crippen MR) is 114 cm³/mol. The maximum atomic E-state index is 12.1. The van der Waals surface area contributed by atoms with E-state index < -0.39 is 11.7 Å². The lowest BCUT2D eigenvalue weighted by Crippen LogP contribution is -2.57. The van der Waals surface area contributed by atoms with Crippen molar-refractivity contribution < 1.29 is 14.3 Å². The molecule has 0 saturated carbocycles. The quantitative estimate of drug-likeness (QED) is 0.208. The van der Waals surface area contributed by atoms with Crippen molar-refractivity contribution in [3.05, 3.63) is 0 Å². The Balaban J connectivity index is 0. The summed E-state index contributed by atoms with van der Waals surface area (Å²) in [4.78, 5) is 16.3. The number of guanidine groups is 1. The predicted octanol–water partition coefficient (Wildman–Crippen LogP) is 2.89. The Labute approximate surface area is 170 Å². The zero-order valence-corrected chi connectivity index (χ0v) is 19.2. The number of carbonyl (C=O) groups excluding carboxylic acids is 1. The average molecular weight is 472 g/mol. The third-order valence-corrected chi connectivity index (χ3v) is 3.68. The van der Waals surface area contributed by atoms with Gasteiger partial charge in [0.05, 0.1) is 12.1 Å². The summed E-state index contributed by atoms with van der Waals surface area (Å²) in [6.07, 6.45) is 1.17. The van der Waals surface area contributed by atoms with Crippen LogP contribution in [0.5, 0.6) is 0 Å². The summed E-state index contributed by atoms with van der Waals surface area (Å²) < 4.78 is 10.7. The van der Waals surface area contributed by atoms with E-state index in [-0.39, 0.29) is 29.5 Å². The molecule has 0 spiro atoms. The Morgan fingerprint density at radius 3 is 2.12 bits per heavy atom. The molecule has 0 saturated heterocycles. The molecule has 0 aromatic rings. The van der Waals surface area contributed by atoms with E-state index in [1.54, 1.807) is 7.05 Å². The second-order valence-corrected chi connectivity index (χ2v) is 6.66. The minimum absolute atomic E-state index is 0. The highest BCUT2D eigenvalue weighted by Gasteiger charge is 2.30. The van der Waals surface area contributed by atoms with E-state index in [9.17, 15) is 4.79 Å². The van der Waals surface area contributed by atoms with Gasteiger partial charge in [-0.15, -0.1) is 24.0 Å². The highest BCUT2D eigenvalue weighted by Crippen LogP contribution is 2.16. The molecule has 0 bridgehead atoms. The Kier molecular flexibility index (Phi) is 14.2. The molecule has 0 radical (unpaired) electrons. The fourth-order valence-electron chi connectivity index (χ4n) is 2.10. The van der Waals surface area contributed by atoms with Crippen LogP contribution in [0.1, 0.15) is 54.4 Å². The molecule has 8 heteroatoms. The van der Waals surface area contributed by atoms with Crippen LogP contribution in [0.25, 0.3) is 0 Å². The monoisotopic (exact) mass is 472 g/mol. The smallest absolute Gasteiger partial charge is 0.408 e. The number of ether oxygens (including phenoxy) is 2. The van der Waals surface area contributed by atoms with Crippen molar-refractivity contribution >= 4 is 36.0 Å². The standard InChI is InChI=1S/C17H36N4O3.HI/c1-8-17(9-2,21-15(22)24-16(4,5)6)13-20-14(18-7)19-11-12-23-10-3;/h8-13H2,1-7H3,(H,21,22)(H2,18,19,20);1H. The lowest BCUT2D eigenvalue weighted by atomic mass is 9.93. The number of nitrogens with zero attached hydrogens (tertiary/aromatic N) is 1. The maximum Gasteiger partial charge on any atom is 0.408 e. The highest BCUT2D eigenvalue weighted by molar-refractivity contribution is 14.0. The van der Waals surface area contributed by atoms with Crippen LogP contribution in [0.15, 0.2) is 4.99 Å². The summed E-state index contributed by atoms with van der Waals surface area (Å²) >= 11 is 0. The molecule has 0 aliphatic heterocycles. The molecule has 0 aromatic carbocycles. The van der Waals surface area contributed by atoms with Gasteiger partial charge in [0.1, 0.15) is 5.60 Å². The Morgan fingerprint density at radius 2 is 1.68 bits per heavy atom. The van der Waals surface area contributed by atoms with Crippen LogP contribution in [0.4, 0.5) is 4.79 Å². The molecule has 25 heavy (non-hydrogen) atoms. The fraction of sp³-hybridized carbons (Fsp3) is 0.882. The first-order chi connectivity index (χ1) is 11.2. The van der Waals surface area contributed by atoms with Crippen LogP contribution in [0, 0.1) is 0 Å². The molecular weight excluding hydrogens is 435 g/mol. The highest BCUT2D eigenvalue weighted by atomic mass is 127. The summed E-state index contributed by atoms with van der Waals surface area (Å²) in [5.74, 6) is 0.687. The number of alkyl carbamates (subject to hydrolysis) is 1. The lowest BCUT2D eigenvalue weighted by Gasteiger charge is -2.34. The van der Waals surface area contributed by atoms with E-state index in [0.717, 1.165) is 12.8 Å². The van der Waals surface area contributed by atoms with Gasteiger partial charge in [0, 0.05) is 26.7 Å². The molecule has 0 aliphatic carbocycles. The number of hydrogen-bond acceptors (Lipinski definition) is 4. The molecule has 0 atom stereocenters. The van der Waals surface area contributed by atoms with E-state index in [1.165, 1.54) is 0 Å². The SMILES string of the molecule is CCOCCNC(=NC)NCC(CC)(CC)NC(=O)OC(C)(C)C.I. The Bertz CT molecular complexity index is 394. The lowest BCUT2D eigenvalue weighted by molar-refractivity contribution is 0.0448. The minimum Gasteiger partial charge on any atom is -0.444 e. The zero-order valence-electron chi connectivity index (χ0n) is 16.8. The molecule has 0 heterocycles. The minimum atomic E-state index is -0.512. The van der Waals surface area contributed by atoms with E-state index >= 15 is 0 Å². The van der Waals surface area contributed by atoms with Gasteiger partial charge in [0.25, 0.3) is 0 Å². The van der Waals surface area contributed by atoms with Crippen molar-refractivity contribution in [2.75, 3.05) is 33.4 Å².